The van der Waals surface area contributed by atoms with Gasteiger partial charge in [-0.15, -0.1) is 0 Å². The molecule has 0 aliphatic carbocycles. The second kappa shape index (κ2) is 8.58. The first kappa shape index (κ1) is 19.6. The lowest BCUT2D eigenvalue weighted by Gasteiger charge is -2.24. The van der Waals surface area contributed by atoms with Crippen LogP contribution in [0.1, 0.15) is 25.2 Å². The van der Waals surface area contributed by atoms with Crippen LogP contribution in [0.5, 0.6) is 0 Å². The quantitative estimate of drug-likeness (QED) is 0.750. The Bertz CT molecular complexity index is 593. The van der Waals surface area contributed by atoms with Crippen molar-refractivity contribution in [2.75, 3.05) is 44.7 Å². The molecule has 0 unspecified atom stereocenters. The zero-order valence-electron chi connectivity index (χ0n) is 16.0. The number of aromatic nitrogens is 2. The number of likely N-dealkylation sites (N-methyl/N-ethyl adjacent to an activating group) is 1. The second-order valence-electron chi connectivity index (χ2n) is 7.35. The molecule has 7 nitrogen and oxygen atoms in total. The third kappa shape index (κ3) is 5.12. The molecule has 1 fully saturated rings. The lowest BCUT2D eigenvalue weighted by molar-refractivity contribution is -0.122. The number of hydrogen-bond donors (Lipinski definition) is 2. The highest BCUT2D eigenvalue weighted by Gasteiger charge is 2.36. The van der Waals surface area contributed by atoms with Gasteiger partial charge in [0.15, 0.2) is 0 Å². The van der Waals surface area contributed by atoms with Gasteiger partial charge in [0.1, 0.15) is 5.82 Å². The Balaban J connectivity index is 2.04. The number of carbonyl (C=O) groups is 1. The van der Waals surface area contributed by atoms with Gasteiger partial charge in [0.2, 0.25) is 5.91 Å². The molecule has 0 aromatic carbocycles. The summed E-state index contributed by atoms with van der Waals surface area (Å²) in [5, 5.41) is 12.1. The average Bonchev–Trinajstić information content (AvgIpc) is 2.94. The predicted molar refractivity (Wildman–Crippen MR) is 98.6 cm³/mol. The SMILES string of the molecule is Cc1ncc(N2C[C@H](NC(=O)CN(C)CCO)[C@@H](C(C)C)C2)nc1C. The summed E-state index contributed by atoms with van der Waals surface area (Å²) in [5.74, 6) is 1.71. The highest BCUT2D eigenvalue weighted by Crippen LogP contribution is 2.27. The van der Waals surface area contributed by atoms with Crippen LogP contribution in [0.15, 0.2) is 6.20 Å². The Morgan fingerprint density at radius 3 is 2.72 bits per heavy atom. The Labute approximate surface area is 150 Å². The van der Waals surface area contributed by atoms with Gasteiger partial charge in [-0.25, -0.2) is 4.98 Å². The van der Waals surface area contributed by atoms with Crippen LogP contribution < -0.4 is 10.2 Å². The molecular weight excluding hydrogens is 318 g/mol. The summed E-state index contributed by atoms with van der Waals surface area (Å²) in [4.78, 5) is 25.4. The first-order valence-corrected chi connectivity index (χ1v) is 8.95. The van der Waals surface area contributed by atoms with Crippen molar-refractivity contribution in [1.29, 1.82) is 0 Å². The largest absolute Gasteiger partial charge is 0.395 e. The van der Waals surface area contributed by atoms with Crippen molar-refractivity contribution in [3.05, 3.63) is 17.6 Å². The van der Waals surface area contributed by atoms with Crippen LogP contribution in [-0.4, -0.2) is 71.8 Å². The van der Waals surface area contributed by atoms with E-state index in [1.165, 1.54) is 0 Å². The van der Waals surface area contributed by atoms with E-state index in [2.05, 4.69) is 34.0 Å². The molecule has 25 heavy (non-hydrogen) atoms. The first-order chi connectivity index (χ1) is 11.8. The van der Waals surface area contributed by atoms with E-state index in [1.807, 2.05) is 32.0 Å². The van der Waals surface area contributed by atoms with E-state index < -0.39 is 0 Å². The van der Waals surface area contributed by atoms with Gasteiger partial charge in [-0.2, -0.15) is 0 Å². The van der Waals surface area contributed by atoms with Crippen LogP contribution in [0.4, 0.5) is 5.82 Å². The number of anilines is 1. The third-order valence-electron chi connectivity index (χ3n) is 4.97. The van der Waals surface area contributed by atoms with Gasteiger partial charge in [0.05, 0.1) is 36.8 Å². The minimum atomic E-state index is -0.000351. The highest BCUT2D eigenvalue weighted by molar-refractivity contribution is 5.78. The van der Waals surface area contributed by atoms with E-state index in [0.717, 1.165) is 30.3 Å². The van der Waals surface area contributed by atoms with Crippen molar-refractivity contribution in [3.63, 3.8) is 0 Å². The van der Waals surface area contributed by atoms with Crippen molar-refractivity contribution in [2.45, 2.75) is 33.7 Å². The minimum absolute atomic E-state index is 0.000351. The van der Waals surface area contributed by atoms with Gasteiger partial charge in [-0.1, -0.05) is 13.8 Å². The van der Waals surface area contributed by atoms with E-state index in [1.54, 1.807) is 0 Å². The highest BCUT2D eigenvalue weighted by atomic mass is 16.3. The molecule has 2 N–H and O–H groups in total. The summed E-state index contributed by atoms with van der Waals surface area (Å²) in [6, 6.07) is 0.0958. The van der Waals surface area contributed by atoms with Crippen molar-refractivity contribution in [2.24, 2.45) is 11.8 Å². The number of aliphatic hydroxyl groups excluding tert-OH is 1. The van der Waals surface area contributed by atoms with Crippen LogP contribution in [-0.2, 0) is 4.79 Å². The van der Waals surface area contributed by atoms with Crippen LogP contribution >= 0.6 is 0 Å². The number of aliphatic hydroxyl groups is 1. The van der Waals surface area contributed by atoms with Gasteiger partial charge >= 0.3 is 0 Å². The summed E-state index contributed by atoms with van der Waals surface area (Å²) in [6.45, 7) is 10.8. The van der Waals surface area contributed by atoms with Crippen molar-refractivity contribution < 1.29 is 9.90 Å². The number of nitrogens with zero attached hydrogens (tertiary/aromatic N) is 4. The lowest BCUT2D eigenvalue weighted by atomic mass is 9.91. The van der Waals surface area contributed by atoms with E-state index in [-0.39, 0.29) is 18.6 Å². The van der Waals surface area contributed by atoms with Crippen molar-refractivity contribution >= 4 is 11.7 Å². The van der Waals surface area contributed by atoms with Gasteiger partial charge in [0.25, 0.3) is 0 Å². The topological polar surface area (TPSA) is 81.6 Å². The molecule has 0 spiro atoms. The molecule has 140 valence electrons. The van der Waals surface area contributed by atoms with Gasteiger partial charge in [-0.3, -0.25) is 14.7 Å². The summed E-state index contributed by atoms with van der Waals surface area (Å²) >= 11 is 0. The monoisotopic (exact) mass is 349 g/mol. The Hall–Kier alpha value is -1.73. The fraction of sp³-hybridized carbons (Fsp3) is 0.722. The molecule has 1 aromatic heterocycles. The molecule has 1 amide bonds. The predicted octanol–water partition coefficient (Wildman–Crippen LogP) is 0.595. The first-order valence-electron chi connectivity index (χ1n) is 8.95. The van der Waals surface area contributed by atoms with E-state index in [4.69, 9.17) is 5.11 Å². The number of nitrogens with one attached hydrogen (secondary N) is 1. The van der Waals surface area contributed by atoms with Crippen LogP contribution in [0, 0.1) is 25.7 Å². The maximum absolute atomic E-state index is 12.3. The van der Waals surface area contributed by atoms with Crippen molar-refractivity contribution in [3.8, 4) is 0 Å². The number of hydrogen-bond acceptors (Lipinski definition) is 6. The molecule has 0 saturated carbocycles. The van der Waals surface area contributed by atoms with Gasteiger partial charge in [0, 0.05) is 25.6 Å². The molecule has 1 saturated heterocycles. The van der Waals surface area contributed by atoms with Crippen LogP contribution in [0.25, 0.3) is 0 Å². The summed E-state index contributed by atoms with van der Waals surface area (Å²) in [5.41, 5.74) is 1.89. The molecule has 2 rings (SSSR count). The molecule has 1 aromatic rings. The Morgan fingerprint density at radius 1 is 1.40 bits per heavy atom. The average molecular weight is 349 g/mol. The lowest BCUT2D eigenvalue weighted by Crippen LogP contribution is -2.46. The zero-order chi connectivity index (χ0) is 18.6. The second-order valence-corrected chi connectivity index (χ2v) is 7.35. The summed E-state index contributed by atoms with van der Waals surface area (Å²) < 4.78 is 0. The van der Waals surface area contributed by atoms with E-state index in [9.17, 15) is 4.79 Å². The summed E-state index contributed by atoms with van der Waals surface area (Å²) in [6.07, 6.45) is 1.82. The fourth-order valence-corrected chi connectivity index (χ4v) is 3.27. The molecule has 1 aliphatic rings. The number of amides is 1. The van der Waals surface area contributed by atoms with Crippen LogP contribution in [0.3, 0.4) is 0 Å². The van der Waals surface area contributed by atoms with Gasteiger partial charge in [-0.05, 0) is 26.8 Å². The number of rotatable bonds is 7. The molecule has 0 radical (unpaired) electrons. The maximum atomic E-state index is 12.3. The van der Waals surface area contributed by atoms with Crippen LogP contribution in [0.2, 0.25) is 0 Å². The van der Waals surface area contributed by atoms with Gasteiger partial charge < -0.3 is 15.3 Å². The normalized spacial score (nSPS) is 20.6. The Morgan fingerprint density at radius 2 is 2.12 bits per heavy atom. The standard InChI is InChI=1S/C18H31N5O2/c1-12(2)15-9-23(17-8-19-13(3)14(4)20-17)10-16(15)21-18(25)11-22(5)6-7-24/h8,12,15-16,24H,6-7,9-11H2,1-5H3,(H,21,25)/t15-,16+/m1/s1. The number of aryl methyl sites for hydroxylation is 2. The maximum Gasteiger partial charge on any atom is 0.234 e. The minimum Gasteiger partial charge on any atom is -0.395 e. The molecular formula is C18H31N5O2. The zero-order valence-corrected chi connectivity index (χ0v) is 16.0. The van der Waals surface area contributed by atoms with Crippen molar-refractivity contribution in [1.82, 2.24) is 20.2 Å². The smallest absolute Gasteiger partial charge is 0.234 e. The van der Waals surface area contributed by atoms with E-state index >= 15 is 0 Å². The summed E-state index contributed by atoms with van der Waals surface area (Å²) in [7, 11) is 1.83. The molecule has 2 heterocycles. The van der Waals surface area contributed by atoms with E-state index in [0.29, 0.717) is 24.9 Å². The Kier molecular flexibility index (Phi) is 6.72. The fourth-order valence-electron chi connectivity index (χ4n) is 3.27. The molecule has 7 heteroatoms. The molecule has 1 aliphatic heterocycles. The number of carbonyl (C=O) groups excluding carboxylic acids is 1. The molecule has 2 atom stereocenters. The molecule has 0 bridgehead atoms. The third-order valence-corrected chi connectivity index (χ3v) is 4.97.